The number of hydrogen-bond donors (Lipinski definition) is 0. The Labute approximate surface area is 139 Å². The van der Waals surface area contributed by atoms with Gasteiger partial charge in [-0.15, -0.1) is 0 Å². The molecule has 0 radical (unpaired) electrons. The van der Waals surface area contributed by atoms with Crippen LogP contribution in [0.5, 0.6) is 0 Å². The van der Waals surface area contributed by atoms with Crippen LogP contribution in [0.1, 0.15) is 63.9 Å². The Morgan fingerprint density at radius 2 is 2.04 bits per heavy atom. The highest BCUT2D eigenvalue weighted by Crippen LogP contribution is 2.41. The van der Waals surface area contributed by atoms with Crippen molar-refractivity contribution >= 4 is 11.4 Å². The van der Waals surface area contributed by atoms with Crippen molar-refractivity contribution in [2.24, 2.45) is 5.92 Å². The van der Waals surface area contributed by atoms with E-state index in [4.69, 9.17) is 0 Å². The van der Waals surface area contributed by atoms with Crippen LogP contribution in [0.3, 0.4) is 0 Å². The molecule has 1 heterocycles. The van der Waals surface area contributed by atoms with E-state index < -0.39 is 0 Å². The number of nitro benzene ring substituents is 1. The van der Waals surface area contributed by atoms with Crippen LogP contribution < -0.4 is 4.90 Å². The summed E-state index contributed by atoms with van der Waals surface area (Å²) < 4.78 is 0. The van der Waals surface area contributed by atoms with Crippen molar-refractivity contribution in [2.45, 2.75) is 70.8 Å². The zero-order valence-corrected chi connectivity index (χ0v) is 14.2. The molecule has 0 unspecified atom stereocenters. The number of non-ortho nitro benzene ring substituents is 1. The van der Waals surface area contributed by atoms with E-state index in [1.54, 1.807) is 6.07 Å². The Hall–Kier alpha value is -1.58. The summed E-state index contributed by atoms with van der Waals surface area (Å²) in [5.41, 5.74) is 2.69. The quantitative estimate of drug-likeness (QED) is 0.417. The van der Waals surface area contributed by atoms with E-state index in [1.807, 2.05) is 12.1 Å². The van der Waals surface area contributed by atoms with E-state index in [9.17, 15) is 10.1 Å². The fraction of sp³-hybridized carbons (Fsp3) is 0.684. The first-order valence-electron chi connectivity index (χ1n) is 9.24. The van der Waals surface area contributed by atoms with Crippen molar-refractivity contribution in [3.8, 4) is 0 Å². The van der Waals surface area contributed by atoms with Crippen LogP contribution in [0.25, 0.3) is 0 Å². The molecule has 1 aromatic rings. The highest BCUT2D eigenvalue weighted by Gasteiger charge is 2.36. The molecule has 1 aliphatic heterocycles. The molecule has 0 spiro atoms. The Morgan fingerprint density at radius 3 is 2.83 bits per heavy atom. The molecule has 1 saturated carbocycles. The van der Waals surface area contributed by atoms with Gasteiger partial charge in [0.15, 0.2) is 0 Å². The van der Waals surface area contributed by atoms with Gasteiger partial charge in [-0.2, -0.15) is 0 Å². The lowest BCUT2D eigenvalue weighted by Crippen LogP contribution is -2.47. The van der Waals surface area contributed by atoms with Crippen LogP contribution in [0, 0.1) is 16.0 Å². The summed E-state index contributed by atoms with van der Waals surface area (Å²) in [4.78, 5) is 13.4. The molecule has 4 heteroatoms. The molecule has 23 heavy (non-hydrogen) atoms. The Morgan fingerprint density at radius 1 is 1.22 bits per heavy atom. The maximum atomic E-state index is 11.1. The van der Waals surface area contributed by atoms with Crippen LogP contribution in [-0.4, -0.2) is 17.5 Å². The molecular weight excluding hydrogens is 288 g/mol. The molecule has 3 rings (SSSR count). The molecule has 1 aromatic carbocycles. The Kier molecular flexibility index (Phi) is 5.19. The van der Waals surface area contributed by atoms with Gasteiger partial charge < -0.3 is 4.90 Å². The third-order valence-electron chi connectivity index (χ3n) is 5.59. The van der Waals surface area contributed by atoms with Crippen LogP contribution in [0.4, 0.5) is 11.4 Å². The zero-order valence-electron chi connectivity index (χ0n) is 14.2. The summed E-state index contributed by atoms with van der Waals surface area (Å²) in [5.74, 6) is 0.685. The van der Waals surface area contributed by atoms with Crippen LogP contribution >= 0.6 is 0 Å². The number of nitro groups is 1. The van der Waals surface area contributed by atoms with Crippen molar-refractivity contribution in [3.05, 3.63) is 33.9 Å². The largest absolute Gasteiger partial charge is 0.368 e. The van der Waals surface area contributed by atoms with Gasteiger partial charge in [0, 0.05) is 30.4 Å². The molecule has 0 aromatic heterocycles. The summed E-state index contributed by atoms with van der Waals surface area (Å²) in [6.07, 6.45) is 11.3. The van der Waals surface area contributed by atoms with E-state index in [0.29, 0.717) is 12.0 Å². The Bertz CT molecular complexity index is 558. The molecular formula is C19H28N2O2. The normalized spacial score (nSPS) is 23.3. The van der Waals surface area contributed by atoms with Gasteiger partial charge in [-0.3, -0.25) is 10.1 Å². The average molecular weight is 316 g/mol. The molecule has 1 aliphatic carbocycles. The predicted molar refractivity (Wildman–Crippen MR) is 94.0 cm³/mol. The summed E-state index contributed by atoms with van der Waals surface area (Å²) in [6, 6.07) is 6.15. The minimum atomic E-state index is -0.265. The van der Waals surface area contributed by atoms with E-state index in [0.717, 1.165) is 13.0 Å². The fourth-order valence-corrected chi connectivity index (χ4v) is 4.42. The standard InChI is InChI=1S/C19H28N2O2/c1-2-3-4-7-12-20-18-9-6-5-8-15(18)13-16-14-17(21(22)23)10-11-19(16)20/h10-11,14-15,18H,2-9,12-13H2,1H3/t15-,18-/m0/s1. The maximum absolute atomic E-state index is 11.1. The van der Waals surface area contributed by atoms with Crippen LogP contribution in [0.2, 0.25) is 0 Å². The van der Waals surface area contributed by atoms with Gasteiger partial charge in [-0.1, -0.05) is 39.0 Å². The second kappa shape index (κ2) is 7.33. The molecule has 4 nitrogen and oxygen atoms in total. The fourth-order valence-electron chi connectivity index (χ4n) is 4.42. The SMILES string of the molecule is CCCCCCN1c2ccc([N+](=O)[O-])cc2C[C@@H]2CCCC[C@@H]21. The number of hydrogen-bond acceptors (Lipinski definition) is 3. The summed E-state index contributed by atoms with van der Waals surface area (Å²) in [7, 11) is 0. The van der Waals surface area contributed by atoms with E-state index in [-0.39, 0.29) is 10.6 Å². The zero-order chi connectivity index (χ0) is 16.2. The lowest BCUT2D eigenvalue weighted by molar-refractivity contribution is -0.384. The molecule has 0 bridgehead atoms. The van der Waals surface area contributed by atoms with Crippen molar-refractivity contribution in [1.82, 2.24) is 0 Å². The number of benzene rings is 1. The van der Waals surface area contributed by atoms with Crippen molar-refractivity contribution in [3.63, 3.8) is 0 Å². The first-order valence-corrected chi connectivity index (χ1v) is 9.24. The molecule has 0 saturated heterocycles. The van der Waals surface area contributed by atoms with Gasteiger partial charge in [0.2, 0.25) is 0 Å². The average Bonchev–Trinajstić information content (AvgIpc) is 2.57. The third kappa shape index (κ3) is 3.51. The highest BCUT2D eigenvalue weighted by molar-refractivity contribution is 5.60. The summed E-state index contributed by atoms with van der Waals surface area (Å²) in [5, 5.41) is 11.1. The first kappa shape index (κ1) is 16.3. The number of fused-ring (bicyclic) bond motifs is 2. The van der Waals surface area contributed by atoms with Gasteiger partial charge in [-0.25, -0.2) is 0 Å². The van der Waals surface area contributed by atoms with E-state index >= 15 is 0 Å². The second-order valence-electron chi connectivity index (χ2n) is 7.14. The van der Waals surface area contributed by atoms with Gasteiger partial charge in [0.25, 0.3) is 5.69 Å². The first-order chi connectivity index (χ1) is 11.2. The maximum Gasteiger partial charge on any atom is 0.269 e. The van der Waals surface area contributed by atoms with Crippen LogP contribution in [-0.2, 0) is 6.42 Å². The molecule has 2 atom stereocenters. The van der Waals surface area contributed by atoms with Crippen molar-refractivity contribution in [2.75, 3.05) is 11.4 Å². The smallest absolute Gasteiger partial charge is 0.269 e. The van der Waals surface area contributed by atoms with Crippen molar-refractivity contribution in [1.29, 1.82) is 0 Å². The minimum Gasteiger partial charge on any atom is -0.368 e. The molecule has 1 fully saturated rings. The van der Waals surface area contributed by atoms with Gasteiger partial charge >= 0.3 is 0 Å². The van der Waals surface area contributed by atoms with Crippen LogP contribution in [0.15, 0.2) is 18.2 Å². The lowest BCUT2D eigenvalue weighted by Gasteiger charge is -2.46. The number of unbranched alkanes of at least 4 members (excludes halogenated alkanes) is 3. The highest BCUT2D eigenvalue weighted by atomic mass is 16.6. The summed E-state index contributed by atoms with van der Waals surface area (Å²) >= 11 is 0. The van der Waals surface area contributed by atoms with Crippen molar-refractivity contribution < 1.29 is 4.92 Å². The van der Waals surface area contributed by atoms with E-state index in [2.05, 4.69) is 11.8 Å². The number of rotatable bonds is 6. The molecule has 126 valence electrons. The molecule has 0 amide bonds. The third-order valence-corrected chi connectivity index (χ3v) is 5.59. The van der Waals surface area contributed by atoms with Gasteiger partial charge in [-0.05, 0) is 43.2 Å². The van der Waals surface area contributed by atoms with Gasteiger partial charge in [0.1, 0.15) is 0 Å². The van der Waals surface area contributed by atoms with Gasteiger partial charge in [0.05, 0.1) is 4.92 Å². The number of anilines is 1. The topological polar surface area (TPSA) is 46.4 Å². The lowest BCUT2D eigenvalue weighted by atomic mass is 9.76. The van der Waals surface area contributed by atoms with E-state index in [1.165, 1.54) is 62.6 Å². The second-order valence-corrected chi connectivity index (χ2v) is 7.14. The predicted octanol–water partition coefficient (Wildman–Crippen LogP) is 5.10. The monoisotopic (exact) mass is 316 g/mol. The number of nitrogens with zero attached hydrogens (tertiary/aromatic N) is 2. The molecule has 0 N–H and O–H groups in total. The molecule has 2 aliphatic rings. The Balaban J connectivity index is 1.84. The summed E-state index contributed by atoms with van der Waals surface area (Å²) in [6.45, 7) is 3.35. The minimum absolute atomic E-state index is 0.240.